The maximum absolute atomic E-state index is 9.49. The van der Waals surface area contributed by atoms with E-state index < -0.39 is 6.10 Å². The Bertz CT molecular complexity index is 766. The van der Waals surface area contributed by atoms with Crippen LogP contribution >= 0.6 is 22.9 Å². The summed E-state index contributed by atoms with van der Waals surface area (Å²) < 4.78 is 1.87. The topological polar surface area (TPSA) is 63.0 Å². The van der Waals surface area contributed by atoms with E-state index in [2.05, 4.69) is 15.4 Å². The Hall–Kier alpha value is -1.89. The molecular formula is C16H17ClN4OS. The number of hydrogen-bond donors (Lipinski definition) is 2. The average molecular weight is 349 g/mol. The summed E-state index contributed by atoms with van der Waals surface area (Å²) in [6.45, 7) is 3.08. The first-order valence-electron chi connectivity index (χ1n) is 7.23. The molecule has 5 nitrogen and oxygen atoms in total. The van der Waals surface area contributed by atoms with Gasteiger partial charge in [-0.15, -0.1) is 11.3 Å². The maximum Gasteiger partial charge on any atom is 0.121 e. The Kier molecular flexibility index (Phi) is 4.95. The standard InChI is InChI=1S/C16H17ClN4OS/c1-11(22)16-19-8-15(23-16)7-18-14-6-20-21(10-14)9-12-2-4-13(17)5-3-12/h2-6,8,10-11,18,22H,7,9H2,1H3. The number of nitrogens with zero attached hydrogens (tertiary/aromatic N) is 3. The predicted octanol–water partition coefficient (Wildman–Crippen LogP) is 3.71. The number of nitrogens with one attached hydrogen (secondary N) is 1. The molecule has 0 saturated carbocycles. The fourth-order valence-electron chi connectivity index (χ4n) is 2.10. The SMILES string of the molecule is CC(O)c1ncc(CNc2cnn(Cc3ccc(Cl)cc3)c2)s1. The zero-order chi connectivity index (χ0) is 16.2. The van der Waals surface area contributed by atoms with E-state index in [0.29, 0.717) is 13.1 Å². The van der Waals surface area contributed by atoms with E-state index in [1.165, 1.54) is 11.3 Å². The molecular weight excluding hydrogens is 332 g/mol. The van der Waals surface area contributed by atoms with Crippen LogP contribution in [0.15, 0.2) is 42.9 Å². The van der Waals surface area contributed by atoms with Gasteiger partial charge in [-0.2, -0.15) is 5.10 Å². The number of aromatic nitrogens is 3. The fourth-order valence-corrected chi connectivity index (χ4v) is 3.03. The molecule has 2 heterocycles. The highest BCUT2D eigenvalue weighted by molar-refractivity contribution is 7.11. The van der Waals surface area contributed by atoms with E-state index in [-0.39, 0.29) is 0 Å². The first-order valence-corrected chi connectivity index (χ1v) is 8.43. The monoisotopic (exact) mass is 348 g/mol. The van der Waals surface area contributed by atoms with Gasteiger partial charge in [0.15, 0.2) is 0 Å². The number of aliphatic hydroxyl groups excluding tert-OH is 1. The van der Waals surface area contributed by atoms with E-state index in [4.69, 9.17) is 11.6 Å². The molecule has 0 saturated heterocycles. The van der Waals surface area contributed by atoms with Crippen molar-refractivity contribution in [3.63, 3.8) is 0 Å². The van der Waals surface area contributed by atoms with Crippen molar-refractivity contribution in [3.8, 4) is 0 Å². The van der Waals surface area contributed by atoms with Crippen molar-refractivity contribution in [2.24, 2.45) is 0 Å². The van der Waals surface area contributed by atoms with Crippen LogP contribution in [-0.2, 0) is 13.1 Å². The molecule has 3 rings (SSSR count). The minimum absolute atomic E-state index is 0.518. The van der Waals surface area contributed by atoms with Crippen LogP contribution < -0.4 is 5.32 Å². The second kappa shape index (κ2) is 7.12. The van der Waals surface area contributed by atoms with Gasteiger partial charge in [0.1, 0.15) is 11.1 Å². The van der Waals surface area contributed by atoms with Gasteiger partial charge < -0.3 is 10.4 Å². The molecule has 0 aliphatic rings. The van der Waals surface area contributed by atoms with E-state index in [1.54, 1.807) is 19.3 Å². The second-order valence-corrected chi connectivity index (χ2v) is 6.83. The van der Waals surface area contributed by atoms with Gasteiger partial charge in [0.05, 0.1) is 25.0 Å². The molecule has 0 aliphatic heterocycles. The van der Waals surface area contributed by atoms with Crippen LogP contribution in [-0.4, -0.2) is 19.9 Å². The molecule has 120 valence electrons. The fraction of sp³-hybridized carbons (Fsp3) is 0.250. The largest absolute Gasteiger partial charge is 0.386 e. The summed E-state index contributed by atoms with van der Waals surface area (Å²) in [4.78, 5) is 5.27. The quantitative estimate of drug-likeness (QED) is 0.713. The van der Waals surface area contributed by atoms with Gasteiger partial charge in [-0.3, -0.25) is 4.68 Å². The molecule has 1 atom stereocenters. The summed E-state index contributed by atoms with van der Waals surface area (Å²) in [5, 5.41) is 18.6. The number of aliphatic hydroxyl groups is 1. The Balaban J connectivity index is 1.57. The van der Waals surface area contributed by atoms with E-state index in [0.717, 1.165) is 26.2 Å². The van der Waals surface area contributed by atoms with Crippen molar-refractivity contribution < 1.29 is 5.11 Å². The van der Waals surface area contributed by atoms with Gasteiger partial charge in [0, 0.05) is 22.3 Å². The highest BCUT2D eigenvalue weighted by Crippen LogP contribution is 2.20. The van der Waals surface area contributed by atoms with Crippen molar-refractivity contribution in [3.05, 3.63) is 63.3 Å². The molecule has 1 unspecified atom stereocenters. The molecule has 0 aliphatic carbocycles. The van der Waals surface area contributed by atoms with E-state index in [9.17, 15) is 5.11 Å². The minimum atomic E-state index is -0.518. The van der Waals surface area contributed by atoms with Gasteiger partial charge in [0.2, 0.25) is 0 Å². The van der Waals surface area contributed by atoms with E-state index in [1.807, 2.05) is 35.1 Å². The third kappa shape index (κ3) is 4.31. The molecule has 2 aromatic heterocycles. The summed E-state index contributed by atoms with van der Waals surface area (Å²) in [7, 11) is 0. The van der Waals surface area contributed by atoms with Crippen molar-refractivity contribution in [2.45, 2.75) is 26.1 Å². The third-order valence-electron chi connectivity index (χ3n) is 3.29. The van der Waals surface area contributed by atoms with Crippen LogP contribution in [0.5, 0.6) is 0 Å². The van der Waals surface area contributed by atoms with Gasteiger partial charge in [-0.1, -0.05) is 23.7 Å². The molecule has 0 radical (unpaired) electrons. The van der Waals surface area contributed by atoms with Gasteiger partial charge in [-0.05, 0) is 24.6 Å². The first kappa shape index (κ1) is 16.0. The Morgan fingerprint density at radius 1 is 1.30 bits per heavy atom. The van der Waals surface area contributed by atoms with Crippen LogP contribution in [0.25, 0.3) is 0 Å². The minimum Gasteiger partial charge on any atom is -0.386 e. The summed E-state index contributed by atoms with van der Waals surface area (Å²) in [5.41, 5.74) is 2.10. The Morgan fingerprint density at radius 2 is 2.09 bits per heavy atom. The van der Waals surface area contributed by atoms with Gasteiger partial charge in [0.25, 0.3) is 0 Å². The summed E-state index contributed by atoms with van der Waals surface area (Å²) in [6.07, 6.45) is 5.03. The molecule has 0 amide bonds. The van der Waals surface area contributed by atoms with Crippen molar-refractivity contribution in [1.29, 1.82) is 0 Å². The second-order valence-electron chi connectivity index (χ2n) is 5.25. The normalized spacial score (nSPS) is 12.3. The average Bonchev–Trinajstić information content (AvgIpc) is 3.17. The summed E-state index contributed by atoms with van der Waals surface area (Å²) in [6, 6.07) is 7.74. The number of benzene rings is 1. The lowest BCUT2D eigenvalue weighted by molar-refractivity contribution is 0.199. The maximum atomic E-state index is 9.49. The zero-order valence-electron chi connectivity index (χ0n) is 12.6. The first-order chi connectivity index (χ1) is 11.1. The molecule has 7 heteroatoms. The van der Waals surface area contributed by atoms with E-state index >= 15 is 0 Å². The number of rotatable bonds is 6. The van der Waals surface area contributed by atoms with Crippen LogP contribution in [0.4, 0.5) is 5.69 Å². The van der Waals surface area contributed by atoms with Crippen molar-refractivity contribution in [2.75, 3.05) is 5.32 Å². The van der Waals surface area contributed by atoms with Crippen LogP contribution in [0.2, 0.25) is 5.02 Å². The predicted molar refractivity (Wildman–Crippen MR) is 92.9 cm³/mol. The lowest BCUT2D eigenvalue weighted by atomic mass is 10.2. The lowest BCUT2D eigenvalue weighted by Gasteiger charge is -2.02. The number of halogens is 1. The molecule has 0 bridgehead atoms. The Labute approximate surface area is 143 Å². The highest BCUT2D eigenvalue weighted by Gasteiger charge is 2.07. The summed E-state index contributed by atoms with van der Waals surface area (Å²) in [5.74, 6) is 0. The molecule has 1 aromatic carbocycles. The third-order valence-corrected chi connectivity index (χ3v) is 4.71. The zero-order valence-corrected chi connectivity index (χ0v) is 14.2. The van der Waals surface area contributed by atoms with Crippen LogP contribution in [0, 0.1) is 0 Å². The highest BCUT2D eigenvalue weighted by atomic mass is 35.5. The Morgan fingerprint density at radius 3 is 2.78 bits per heavy atom. The lowest BCUT2D eigenvalue weighted by Crippen LogP contribution is -2.00. The van der Waals surface area contributed by atoms with Gasteiger partial charge in [-0.25, -0.2) is 4.98 Å². The summed E-state index contributed by atoms with van der Waals surface area (Å²) >= 11 is 7.39. The molecule has 0 fully saturated rings. The molecule has 2 N–H and O–H groups in total. The number of anilines is 1. The molecule has 3 aromatic rings. The van der Waals surface area contributed by atoms with Gasteiger partial charge >= 0.3 is 0 Å². The van der Waals surface area contributed by atoms with Crippen LogP contribution in [0.1, 0.15) is 28.5 Å². The van der Waals surface area contributed by atoms with Crippen molar-refractivity contribution in [1.82, 2.24) is 14.8 Å². The smallest absolute Gasteiger partial charge is 0.121 e. The number of thiazole rings is 1. The van der Waals surface area contributed by atoms with Crippen molar-refractivity contribution >= 4 is 28.6 Å². The molecule has 0 spiro atoms. The molecule has 23 heavy (non-hydrogen) atoms. The van der Waals surface area contributed by atoms with Crippen LogP contribution in [0.3, 0.4) is 0 Å². The number of hydrogen-bond acceptors (Lipinski definition) is 5.